The zero-order chi connectivity index (χ0) is 14.6. The van der Waals surface area contributed by atoms with Gasteiger partial charge in [0, 0.05) is 6.07 Å². The molecule has 1 heterocycles. The van der Waals surface area contributed by atoms with Crippen LogP contribution in [0.2, 0.25) is 0 Å². The van der Waals surface area contributed by atoms with E-state index in [0.717, 1.165) is 23.4 Å². The van der Waals surface area contributed by atoms with Gasteiger partial charge in [-0.05, 0) is 11.8 Å². The molecule has 0 aliphatic carbocycles. The molecular formula is C13H11F3N2OS. The lowest BCUT2D eigenvalue weighted by Gasteiger charge is -2.10. The minimum atomic E-state index is -4.52. The van der Waals surface area contributed by atoms with Crippen LogP contribution in [-0.4, -0.2) is 16.2 Å². The van der Waals surface area contributed by atoms with Crippen LogP contribution < -0.4 is 4.74 Å². The van der Waals surface area contributed by atoms with Crippen molar-refractivity contribution in [3.8, 4) is 5.88 Å². The van der Waals surface area contributed by atoms with E-state index in [0.29, 0.717) is 0 Å². The van der Waals surface area contributed by atoms with Gasteiger partial charge in [0.15, 0.2) is 10.9 Å². The molecule has 0 spiro atoms. The van der Waals surface area contributed by atoms with Gasteiger partial charge in [0.25, 0.3) is 0 Å². The molecule has 106 valence electrons. The van der Waals surface area contributed by atoms with Gasteiger partial charge in [0.05, 0.1) is 0 Å². The molecule has 0 radical (unpaired) electrons. The summed E-state index contributed by atoms with van der Waals surface area (Å²) in [6.07, 6.45) is -2.91. The van der Waals surface area contributed by atoms with Gasteiger partial charge < -0.3 is 4.74 Å². The number of hydrogen-bond donors (Lipinski definition) is 0. The third-order valence-corrected chi connectivity index (χ3v) is 2.93. The molecule has 0 aliphatic heterocycles. The van der Waals surface area contributed by atoms with Crippen molar-refractivity contribution >= 4 is 11.8 Å². The second kappa shape index (κ2) is 6.13. The average molecular weight is 300 g/mol. The van der Waals surface area contributed by atoms with E-state index in [1.165, 1.54) is 0 Å². The third kappa shape index (κ3) is 3.86. The standard InChI is InChI=1S/C13H11F3N2OS/c1-20-12-17-10(13(14,15)16)7-11(18-12)19-8-9-5-3-2-4-6-9/h2-7H,8H2,1H3. The Morgan fingerprint density at radius 3 is 2.45 bits per heavy atom. The summed E-state index contributed by atoms with van der Waals surface area (Å²) in [5.41, 5.74) is -0.148. The monoisotopic (exact) mass is 300 g/mol. The summed E-state index contributed by atoms with van der Waals surface area (Å²) < 4.78 is 43.4. The van der Waals surface area contributed by atoms with Crippen LogP contribution in [0.1, 0.15) is 11.3 Å². The van der Waals surface area contributed by atoms with Crippen molar-refractivity contribution in [3.63, 3.8) is 0 Å². The van der Waals surface area contributed by atoms with E-state index in [1.807, 2.05) is 30.3 Å². The van der Waals surface area contributed by atoms with E-state index in [9.17, 15) is 13.2 Å². The first-order valence-electron chi connectivity index (χ1n) is 5.66. The van der Waals surface area contributed by atoms with Gasteiger partial charge in [-0.3, -0.25) is 0 Å². The maximum atomic E-state index is 12.7. The number of rotatable bonds is 4. The number of ether oxygens (including phenoxy) is 1. The van der Waals surface area contributed by atoms with E-state index < -0.39 is 11.9 Å². The van der Waals surface area contributed by atoms with Gasteiger partial charge in [0.1, 0.15) is 6.61 Å². The van der Waals surface area contributed by atoms with Crippen LogP contribution in [0.5, 0.6) is 5.88 Å². The van der Waals surface area contributed by atoms with Crippen molar-refractivity contribution in [2.75, 3.05) is 6.26 Å². The number of nitrogens with zero attached hydrogens (tertiary/aromatic N) is 2. The first-order chi connectivity index (χ1) is 9.49. The molecule has 2 aromatic rings. The van der Waals surface area contributed by atoms with Gasteiger partial charge in [-0.15, -0.1) is 0 Å². The maximum absolute atomic E-state index is 12.7. The molecule has 0 unspecified atom stereocenters. The molecule has 3 nitrogen and oxygen atoms in total. The highest BCUT2D eigenvalue weighted by molar-refractivity contribution is 7.98. The Balaban J connectivity index is 2.19. The first-order valence-corrected chi connectivity index (χ1v) is 6.88. The van der Waals surface area contributed by atoms with Crippen molar-refractivity contribution in [1.29, 1.82) is 0 Å². The zero-order valence-corrected chi connectivity index (χ0v) is 11.3. The summed E-state index contributed by atoms with van der Waals surface area (Å²) in [5, 5.41) is 0.0305. The smallest absolute Gasteiger partial charge is 0.433 e. The van der Waals surface area contributed by atoms with E-state index >= 15 is 0 Å². The SMILES string of the molecule is CSc1nc(OCc2ccccc2)cc(C(F)(F)F)n1. The van der Waals surface area contributed by atoms with Crippen LogP contribution in [0.15, 0.2) is 41.6 Å². The first kappa shape index (κ1) is 14.6. The fourth-order valence-corrected chi connectivity index (χ4v) is 1.82. The quantitative estimate of drug-likeness (QED) is 0.635. The Hall–Kier alpha value is -1.76. The van der Waals surface area contributed by atoms with Gasteiger partial charge >= 0.3 is 6.18 Å². The highest BCUT2D eigenvalue weighted by Crippen LogP contribution is 2.30. The number of benzene rings is 1. The lowest BCUT2D eigenvalue weighted by atomic mass is 10.2. The molecule has 1 aromatic heterocycles. The van der Waals surface area contributed by atoms with Crippen molar-refractivity contribution < 1.29 is 17.9 Å². The molecule has 7 heteroatoms. The van der Waals surface area contributed by atoms with Crippen LogP contribution in [0.3, 0.4) is 0 Å². The molecule has 0 bridgehead atoms. The molecule has 0 saturated heterocycles. The number of halogens is 3. The second-order valence-corrected chi connectivity index (χ2v) is 4.62. The topological polar surface area (TPSA) is 35.0 Å². The van der Waals surface area contributed by atoms with Crippen molar-refractivity contribution in [1.82, 2.24) is 9.97 Å². The molecule has 0 fully saturated rings. The normalized spacial score (nSPS) is 11.4. The number of hydrogen-bond acceptors (Lipinski definition) is 4. The number of thioether (sulfide) groups is 1. The van der Waals surface area contributed by atoms with Crippen molar-refractivity contribution in [2.45, 2.75) is 17.9 Å². The Bertz CT molecular complexity index is 576. The maximum Gasteiger partial charge on any atom is 0.433 e. The average Bonchev–Trinajstić information content (AvgIpc) is 2.45. The predicted molar refractivity (Wildman–Crippen MR) is 69.6 cm³/mol. The summed E-state index contributed by atoms with van der Waals surface area (Å²) in [5.74, 6) is -0.0828. The minimum Gasteiger partial charge on any atom is -0.473 e. The lowest BCUT2D eigenvalue weighted by molar-refractivity contribution is -0.141. The van der Waals surface area contributed by atoms with E-state index in [-0.39, 0.29) is 17.6 Å². The number of aromatic nitrogens is 2. The van der Waals surface area contributed by atoms with Crippen molar-refractivity contribution in [2.24, 2.45) is 0 Å². The van der Waals surface area contributed by atoms with Gasteiger partial charge in [-0.1, -0.05) is 42.1 Å². The molecule has 0 aliphatic rings. The van der Waals surface area contributed by atoms with E-state index in [2.05, 4.69) is 9.97 Å². The van der Waals surface area contributed by atoms with Gasteiger partial charge in [0.2, 0.25) is 5.88 Å². The highest BCUT2D eigenvalue weighted by Gasteiger charge is 2.34. The van der Waals surface area contributed by atoms with E-state index in [4.69, 9.17) is 4.74 Å². The van der Waals surface area contributed by atoms with Gasteiger partial charge in [-0.2, -0.15) is 18.2 Å². The van der Waals surface area contributed by atoms with Crippen molar-refractivity contribution in [3.05, 3.63) is 47.7 Å². The summed E-state index contributed by atoms with van der Waals surface area (Å²) in [4.78, 5) is 7.34. The fraction of sp³-hybridized carbons (Fsp3) is 0.231. The van der Waals surface area contributed by atoms with Crippen LogP contribution in [0.4, 0.5) is 13.2 Å². The molecule has 0 N–H and O–H groups in total. The van der Waals surface area contributed by atoms with Gasteiger partial charge in [-0.25, -0.2) is 4.98 Å². The largest absolute Gasteiger partial charge is 0.473 e. The predicted octanol–water partition coefficient (Wildman–Crippen LogP) is 3.80. The molecule has 0 amide bonds. The molecular weight excluding hydrogens is 289 g/mol. The Kier molecular flexibility index (Phi) is 4.49. The molecule has 1 aromatic carbocycles. The highest BCUT2D eigenvalue weighted by atomic mass is 32.2. The Labute approximate surface area is 118 Å². The lowest BCUT2D eigenvalue weighted by Crippen LogP contribution is -2.10. The third-order valence-electron chi connectivity index (χ3n) is 2.38. The Morgan fingerprint density at radius 1 is 1.15 bits per heavy atom. The summed E-state index contributed by atoms with van der Waals surface area (Å²) >= 11 is 1.03. The Morgan fingerprint density at radius 2 is 1.85 bits per heavy atom. The number of alkyl halides is 3. The zero-order valence-electron chi connectivity index (χ0n) is 10.5. The van der Waals surface area contributed by atoms with Crippen LogP contribution in [0.25, 0.3) is 0 Å². The summed E-state index contributed by atoms with van der Waals surface area (Å²) in [7, 11) is 0. The molecule has 0 atom stereocenters. The molecule has 20 heavy (non-hydrogen) atoms. The van der Waals surface area contributed by atoms with Crippen LogP contribution >= 0.6 is 11.8 Å². The minimum absolute atomic E-state index is 0.0305. The molecule has 0 saturated carbocycles. The molecule has 2 rings (SSSR count). The summed E-state index contributed by atoms with van der Waals surface area (Å²) in [6.45, 7) is 0.156. The fourth-order valence-electron chi connectivity index (χ4n) is 1.45. The van der Waals surface area contributed by atoms with Crippen LogP contribution in [0, 0.1) is 0 Å². The summed E-state index contributed by atoms with van der Waals surface area (Å²) in [6, 6.07) is 9.95. The van der Waals surface area contributed by atoms with E-state index in [1.54, 1.807) is 6.26 Å². The second-order valence-electron chi connectivity index (χ2n) is 3.85. The van der Waals surface area contributed by atoms with Crippen LogP contribution in [-0.2, 0) is 12.8 Å².